The van der Waals surface area contributed by atoms with Crippen LogP contribution in [0, 0.1) is 6.92 Å². The summed E-state index contributed by atoms with van der Waals surface area (Å²) in [5, 5.41) is 0. The summed E-state index contributed by atoms with van der Waals surface area (Å²) in [6, 6.07) is 4.11. The normalized spacial score (nSPS) is 20.4. The molecule has 2 nitrogen and oxygen atoms in total. The van der Waals surface area contributed by atoms with Gasteiger partial charge in [-0.3, -0.25) is 0 Å². The van der Waals surface area contributed by atoms with Crippen molar-refractivity contribution in [3.05, 3.63) is 27.7 Å². The number of nitrogens with two attached hydrogens (primary N) is 1. The van der Waals surface area contributed by atoms with E-state index < -0.39 is 0 Å². The van der Waals surface area contributed by atoms with E-state index in [0.717, 1.165) is 15.8 Å². The highest BCUT2D eigenvalue weighted by Crippen LogP contribution is 2.37. The van der Waals surface area contributed by atoms with E-state index in [4.69, 9.17) is 10.5 Å². The van der Waals surface area contributed by atoms with Crippen LogP contribution in [0.1, 0.15) is 17.2 Å². The van der Waals surface area contributed by atoms with E-state index in [1.54, 1.807) is 0 Å². The molecule has 2 N–H and O–H groups in total. The minimum absolute atomic E-state index is 0.0231. The highest BCUT2D eigenvalue weighted by molar-refractivity contribution is 9.10. The zero-order valence-electron chi connectivity index (χ0n) is 6.80. The highest BCUT2D eigenvalue weighted by atomic mass is 79.9. The molecule has 1 aromatic carbocycles. The molecule has 0 unspecified atom stereocenters. The summed E-state index contributed by atoms with van der Waals surface area (Å²) in [6.45, 7) is 2.63. The second kappa shape index (κ2) is 2.75. The molecule has 1 aliphatic heterocycles. The van der Waals surface area contributed by atoms with Crippen molar-refractivity contribution in [2.24, 2.45) is 5.73 Å². The van der Waals surface area contributed by atoms with Crippen LogP contribution in [-0.4, -0.2) is 6.61 Å². The third-order valence-electron chi connectivity index (χ3n) is 2.03. The number of hydrogen-bond donors (Lipinski definition) is 1. The van der Waals surface area contributed by atoms with Gasteiger partial charge in [-0.2, -0.15) is 0 Å². The minimum Gasteiger partial charge on any atom is -0.491 e. The molecule has 2 rings (SSSR count). The summed E-state index contributed by atoms with van der Waals surface area (Å²) in [4.78, 5) is 0. The summed E-state index contributed by atoms with van der Waals surface area (Å²) in [6.07, 6.45) is 0. The molecule has 64 valence electrons. The molecule has 0 saturated heterocycles. The molecule has 0 spiro atoms. The Kier molecular flexibility index (Phi) is 1.85. The van der Waals surface area contributed by atoms with Crippen LogP contribution in [0.3, 0.4) is 0 Å². The van der Waals surface area contributed by atoms with Crippen molar-refractivity contribution >= 4 is 15.9 Å². The standard InChI is InChI=1S/C9H10BrNO/c1-5-2-6(10)9-7(11)4-12-8(9)3-5/h2-3,7H,4,11H2,1H3/t7-/m1/s1. The van der Waals surface area contributed by atoms with E-state index in [1.807, 2.05) is 13.0 Å². The fourth-order valence-electron chi connectivity index (χ4n) is 1.46. The fraction of sp³-hybridized carbons (Fsp3) is 0.333. The Morgan fingerprint density at radius 3 is 3.08 bits per heavy atom. The number of benzene rings is 1. The Labute approximate surface area is 79.8 Å². The minimum atomic E-state index is 0.0231. The second-order valence-corrected chi connectivity index (χ2v) is 3.93. The molecule has 1 aromatic rings. The smallest absolute Gasteiger partial charge is 0.125 e. The Balaban J connectivity index is 2.60. The number of fused-ring (bicyclic) bond motifs is 1. The van der Waals surface area contributed by atoms with Gasteiger partial charge >= 0.3 is 0 Å². The second-order valence-electron chi connectivity index (χ2n) is 3.08. The zero-order chi connectivity index (χ0) is 8.72. The van der Waals surface area contributed by atoms with Gasteiger partial charge in [-0.15, -0.1) is 0 Å². The maximum Gasteiger partial charge on any atom is 0.125 e. The van der Waals surface area contributed by atoms with Crippen LogP contribution in [0.15, 0.2) is 16.6 Å². The summed E-state index contributed by atoms with van der Waals surface area (Å²) in [5.41, 5.74) is 8.13. The molecule has 0 fully saturated rings. The summed E-state index contributed by atoms with van der Waals surface area (Å²) in [7, 11) is 0. The summed E-state index contributed by atoms with van der Waals surface area (Å²) < 4.78 is 6.48. The first-order chi connectivity index (χ1) is 5.68. The Morgan fingerprint density at radius 2 is 2.33 bits per heavy atom. The summed E-state index contributed by atoms with van der Waals surface area (Å²) >= 11 is 3.48. The molecule has 0 amide bonds. The molecule has 1 atom stereocenters. The van der Waals surface area contributed by atoms with Gasteiger partial charge in [0.15, 0.2) is 0 Å². The Hall–Kier alpha value is -0.540. The highest BCUT2D eigenvalue weighted by Gasteiger charge is 2.23. The number of halogens is 1. The molecule has 1 aliphatic rings. The monoisotopic (exact) mass is 227 g/mol. The lowest BCUT2D eigenvalue weighted by molar-refractivity contribution is 0.333. The van der Waals surface area contributed by atoms with Crippen molar-refractivity contribution in [3.63, 3.8) is 0 Å². The molecule has 3 heteroatoms. The molecule has 0 bridgehead atoms. The third kappa shape index (κ3) is 1.13. The largest absolute Gasteiger partial charge is 0.491 e. The Morgan fingerprint density at radius 1 is 1.58 bits per heavy atom. The van der Waals surface area contributed by atoms with Gasteiger partial charge in [0.2, 0.25) is 0 Å². The van der Waals surface area contributed by atoms with Crippen LogP contribution < -0.4 is 10.5 Å². The zero-order valence-corrected chi connectivity index (χ0v) is 8.39. The van der Waals surface area contributed by atoms with E-state index in [2.05, 4.69) is 22.0 Å². The van der Waals surface area contributed by atoms with Crippen LogP contribution >= 0.6 is 15.9 Å². The van der Waals surface area contributed by atoms with E-state index in [1.165, 1.54) is 5.56 Å². The molecular formula is C9H10BrNO. The number of aryl methyl sites for hydroxylation is 1. The van der Waals surface area contributed by atoms with Crippen molar-refractivity contribution < 1.29 is 4.74 Å². The molecule has 0 aromatic heterocycles. The van der Waals surface area contributed by atoms with Gasteiger partial charge in [0.25, 0.3) is 0 Å². The maximum atomic E-state index is 5.84. The van der Waals surface area contributed by atoms with Crippen LogP contribution in [0.2, 0.25) is 0 Å². The first-order valence-corrected chi connectivity index (χ1v) is 4.66. The topological polar surface area (TPSA) is 35.2 Å². The molecule has 0 radical (unpaired) electrons. The molecule has 1 heterocycles. The van der Waals surface area contributed by atoms with E-state index in [0.29, 0.717) is 6.61 Å². The van der Waals surface area contributed by atoms with Gasteiger partial charge in [0.1, 0.15) is 12.4 Å². The van der Waals surface area contributed by atoms with Gasteiger partial charge in [0, 0.05) is 10.0 Å². The SMILES string of the molecule is Cc1cc(Br)c2c(c1)OC[C@H]2N. The van der Waals surface area contributed by atoms with Crippen molar-refractivity contribution in [2.45, 2.75) is 13.0 Å². The van der Waals surface area contributed by atoms with E-state index in [9.17, 15) is 0 Å². The van der Waals surface area contributed by atoms with Crippen LogP contribution in [0.4, 0.5) is 0 Å². The predicted octanol–water partition coefficient (Wildman–Crippen LogP) is 2.15. The lowest BCUT2D eigenvalue weighted by Gasteiger charge is -2.04. The van der Waals surface area contributed by atoms with Crippen molar-refractivity contribution in [1.29, 1.82) is 0 Å². The van der Waals surface area contributed by atoms with Gasteiger partial charge in [-0.05, 0) is 24.6 Å². The van der Waals surface area contributed by atoms with Crippen LogP contribution in [-0.2, 0) is 0 Å². The van der Waals surface area contributed by atoms with Crippen molar-refractivity contribution in [2.75, 3.05) is 6.61 Å². The van der Waals surface area contributed by atoms with Crippen LogP contribution in [0.25, 0.3) is 0 Å². The Bertz CT molecular complexity index is 325. The predicted molar refractivity (Wildman–Crippen MR) is 51.3 cm³/mol. The van der Waals surface area contributed by atoms with Crippen molar-refractivity contribution in [1.82, 2.24) is 0 Å². The van der Waals surface area contributed by atoms with Gasteiger partial charge in [0.05, 0.1) is 6.04 Å². The van der Waals surface area contributed by atoms with Gasteiger partial charge in [-0.1, -0.05) is 15.9 Å². The number of hydrogen-bond acceptors (Lipinski definition) is 2. The van der Waals surface area contributed by atoms with Crippen LogP contribution in [0.5, 0.6) is 5.75 Å². The number of rotatable bonds is 0. The van der Waals surface area contributed by atoms with Gasteiger partial charge < -0.3 is 10.5 Å². The average Bonchev–Trinajstić information content (AvgIpc) is 2.31. The summed E-state index contributed by atoms with van der Waals surface area (Å²) in [5.74, 6) is 0.925. The molecule has 12 heavy (non-hydrogen) atoms. The lowest BCUT2D eigenvalue weighted by Crippen LogP contribution is -2.11. The first-order valence-electron chi connectivity index (χ1n) is 3.87. The average molecular weight is 228 g/mol. The van der Waals surface area contributed by atoms with E-state index >= 15 is 0 Å². The first kappa shape index (κ1) is 8.08. The molecule has 0 aliphatic carbocycles. The fourth-order valence-corrected chi connectivity index (χ4v) is 2.31. The maximum absolute atomic E-state index is 5.84. The van der Waals surface area contributed by atoms with E-state index in [-0.39, 0.29) is 6.04 Å². The number of ether oxygens (including phenoxy) is 1. The molecular weight excluding hydrogens is 218 g/mol. The quantitative estimate of drug-likeness (QED) is 0.738. The third-order valence-corrected chi connectivity index (χ3v) is 2.68. The van der Waals surface area contributed by atoms with Gasteiger partial charge in [-0.25, -0.2) is 0 Å². The molecule has 0 saturated carbocycles. The lowest BCUT2D eigenvalue weighted by atomic mass is 10.1. The van der Waals surface area contributed by atoms with Crippen molar-refractivity contribution in [3.8, 4) is 5.75 Å².